The highest BCUT2D eigenvalue weighted by atomic mass is 16.6. The summed E-state index contributed by atoms with van der Waals surface area (Å²) in [5, 5.41) is 0. The van der Waals surface area contributed by atoms with Crippen molar-refractivity contribution in [3.8, 4) is 0 Å². The van der Waals surface area contributed by atoms with E-state index in [9.17, 15) is 14.4 Å². The number of hydrogen-bond donors (Lipinski definition) is 0. The predicted octanol–water partition coefficient (Wildman–Crippen LogP) is 4.72. The lowest BCUT2D eigenvalue weighted by Gasteiger charge is -2.33. The third kappa shape index (κ3) is 11.4. The van der Waals surface area contributed by atoms with Crippen molar-refractivity contribution in [3.05, 3.63) is 0 Å². The van der Waals surface area contributed by atoms with Gasteiger partial charge in [-0.25, -0.2) is 14.4 Å². The minimum Gasteiger partial charge on any atom is -0.458 e. The average molecular weight is 518 g/mol. The number of unbranched alkanes of at least 4 members (excludes halogenated alkanes) is 1. The van der Waals surface area contributed by atoms with E-state index < -0.39 is 53.7 Å². The summed E-state index contributed by atoms with van der Waals surface area (Å²) >= 11 is 0. The van der Waals surface area contributed by atoms with Crippen LogP contribution in [-0.2, 0) is 33.2 Å². The van der Waals surface area contributed by atoms with Crippen molar-refractivity contribution in [2.24, 2.45) is 5.92 Å². The number of imide groups is 1. The Morgan fingerprint density at radius 2 is 1.56 bits per heavy atom. The molecule has 0 N–H and O–H groups in total. The van der Waals surface area contributed by atoms with Crippen LogP contribution in [0, 0.1) is 5.92 Å². The third-order valence-corrected chi connectivity index (χ3v) is 4.90. The molecule has 0 saturated carbocycles. The summed E-state index contributed by atoms with van der Waals surface area (Å²) in [4.78, 5) is 40.1. The smallest absolute Gasteiger partial charge is 0.420 e. The van der Waals surface area contributed by atoms with Gasteiger partial charge >= 0.3 is 18.2 Å². The normalized spacial score (nSPS) is 23.8. The lowest BCUT2D eigenvalue weighted by molar-refractivity contribution is -0.171. The zero-order chi connectivity index (χ0) is 27.7. The van der Waals surface area contributed by atoms with Gasteiger partial charge in [-0.2, -0.15) is 4.90 Å². The van der Waals surface area contributed by atoms with Crippen molar-refractivity contribution in [2.45, 2.75) is 118 Å². The summed E-state index contributed by atoms with van der Waals surface area (Å²) in [5.41, 5.74) is -1.83. The second-order valence-corrected chi connectivity index (χ2v) is 11.5. The minimum atomic E-state index is -1.42. The number of esters is 1. The highest BCUT2D eigenvalue weighted by Gasteiger charge is 2.44. The van der Waals surface area contributed by atoms with Crippen LogP contribution in [0.5, 0.6) is 0 Å². The van der Waals surface area contributed by atoms with E-state index in [4.69, 9.17) is 28.4 Å². The second kappa shape index (κ2) is 14.1. The van der Waals surface area contributed by atoms with E-state index in [1.54, 1.807) is 48.5 Å². The molecular weight excluding hydrogens is 470 g/mol. The van der Waals surface area contributed by atoms with Gasteiger partial charge < -0.3 is 28.4 Å². The van der Waals surface area contributed by atoms with Crippen LogP contribution in [-0.4, -0.2) is 85.0 Å². The first kappa shape index (κ1) is 32.1. The molecule has 0 aromatic heterocycles. The molecule has 1 aliphatic rings. The summed E-state index contributed by atoms with van der Waals surface area (Å²) in [6.45, 7) is 18.5. The van der Waals surface area contributed by atoms with Crippen LogP contribution < -0.4 is 0 Å². The Kier molecular flexibility index (Phi) is 12.6. The van der Waals surface area contributed by atoms with Crippen molar-refractivity contribution < 1.29 is 42.8 Å². The predicted molar refractivity (Wildman–Crippen MR) is 134 cm³/mol. The lowest BCUT2D eigenvalue weighted by atomic mass is 10.1. The summed E-state index contributed by atoms with van der Waals surface area (Å²) < 4.78 is 34.5. The number of cyclic esters (lactones) is 1. The molecule has 0 aromatic carbocycles. The van der Waals surface area contributed by atoms with Crippen LogP contribution in [0.4, 0.5) is 9.59 Å². The SMILES string of the molecule is CCCCO[C@H]1COC[C@H](N(C(=O)OC(C)(C)C)C(=O)OC(C)(C)C)C(=O)O[C@@H](C)[C@@H]1OCC(C)C. The van der Waals surface area contributed by atoms with E-state index in [0.29, 0.717) is 18.1 Å². The van der Waals surface area contributed by atoms with Gasteiger partial charge in [0.25, 0.3) is 0 Å². The Bertz CT molecular complexity index is 683. The maximum absolute atomic E-state index is 13.3. The monoisotopic (exact) mass is 517 g/mol. The molecule has 0 bridgehead atoms. The largest absolute Gasteiger partial charge is 0.458 e. The van der Waals surface area contributed by atoms with Crippen LogP contribution in [0.3, 0.4) is 0 Å². The molecule has 0 aromatic rings. The number of ether oxygens (including phenoxy) is 6. The molecule has 0 spiro atoms. The number of rotatable bonds is 8. The highest BCUT2D eigenvalue weighted by Crippen LogP contribution is 2.22. The van der Waals surface area contributed by atoms with Crippen molar-refractivity contribution in [1.82, 2.24) is 4.90 Å². The van der Waals surface area contributed by atoms with Gasteiger partial charge in [-0.05, 0) is 60.8 Å². The van der Waals surface area contributed by atoms with Gasteiger partial charge in [0.1, 0.15) is 29.5 Å². The van der Waals surface area contributed by atoms with Gasteiger partial charge in [0, 0.05) is 13.2 Å². The molecule has 0 unspecified atom stereocenters. The van der Waals surface area contributed by atoms with Gasteiger partial charge in [0.15, 0.2) is 6.04 Å². The first-order valence-electron chi connectivity index (χ1n) is 12.8. The fourth-order valence-corrected chi connectivity index (χ4v) is 3.29. The van der Waals surface area contributed by atoms with Crippen molar-refractivity contribution in [2.75, 3.05) is 26.4 Å². The first-order valence-corrected chi connectivity index (χ1v) is 12.8. The van der Waals surface area contributed by atoms with Crippen molar-refractivity contribution in [3.63, 3.8) is 0 Å². The van der Waals surface area contributed by atoms with Crippen LogP contribution >= 0.6 is 0 Å². The standard InChI is InChI=1S/C26H47NO9/c1-11-12-13-32-20-16-31-15-19(22(28)34-18(4)21(20)33-14-17(2)3)27(23(29)35-25(5,6)7)24(30)36-26(8,9)10/h17-21H,11-16H2,1-10H3/t18-,19-,20-,21-/m0/s1. The van der Waals surface area contributed by atoms with E-state index in [2.05, 4.69) is 6.92 Å². The molecule has 1 saturated heterocycles. The number of nitrogens with zero attached hydrogens (tertiary/aromatic N) is 1. The lowest BCUT2D eigenvalue weighted by Crippen LogP contribution is -2.54. The molecular formula is C26H47NO9. The molecule has 1 aliphatic heterocycles. The molecule has 0 aliphatic carbocycles. The van der Waals surface area contributed by atoms with Gasteiger partial charge in [-0.15, -0.1) is 0 Å². The number of carbonyl (C=O) groups excluding carboxylic acids is 3. The van der Waals surface area contributed by atoms with Gasteiger partial charge in [-0.1, -0.05) is 27.2 Å². The maximum Gasteiger partial charge on any atom is 0.420 e. The van der Waals surface area contributed by atoms with Crippen LogP contribution in [0.2, 0.25) is 0 Å². The summed E-state index contributed by atoms with van der Waals surface area (Å²) in [6, 6.07) is -1.42. The van der Waals surface area contributed by atoms with E-state index in [1.165, 1.54) is 0 Å². The molecule has 1 fully saturated rings. The molecule has 0 radical (unpaired) electrons. The second-order valence-electron chi connectivity index (χ2n) is 11.5. The van der Waals surface area contributed by atoms with Crippen molar-refractivity contribution in [1.29, 1.82) is 0 Å². The molecule has 4 atom stereocenters. The summed E-state index contributed by atoms with van der Waals surface area (Å²) in [7, 11) is 0. The number of hydrogen-bond acceptors (Lipinski definition) is 9. The molecule has 36 heavy (non-hydrogen) atoms. The van der Waals surface area contributed by atoms with Crippen molar-refractivity contribution >= 4 is 18.2 Å². The third-order valence-electron chi connectivity index (χ3n) is 4.90. The van der Waals surface area contributed by atoms with E-state index in [-0.39, 0.29) is 19.1 Å². The maximum atomic E-state index is 13.3. The van der Waals surface area contributed by atoms with Crippen LogP contribution in [0.15, 0.2) is 0 Å². The topological polar surface area (TPSA) is 110 Å². The summed E-state index contributed by atoms with van der Waals surface area (Å²) in [5.74, 6) is -0.577. The van der Waals surface area contributed by atoms with Gasteiger partial charge in [0.05, 0.1) is 13.2 Å². The Morgan fingerprint density at radius 1 is 1.00 bits per heavy atom. The molecule has 10 nitrogen and oxygen atoms in total. The fourth-order valence-electron chi connectivity index (χ4n) is 3.29. The molecule has 1 rings (SSSR count). The number of amides is 2. The van der Waals surface area contributed by atoms with Crippen LogP contribution in [0.1, 0.15) is 82.1 Å². The van der Waals surface area contributed by atoms with E-state index in [1.807, 2.05) is 13.8 Å². The Labute approximate surface area is 216 Å². The van der Waals surface area contributed by atoms with E-state index >= 15 is 0 Å². The molecule has 2 amide bonds. The first-order chi connectivity index (χ1) is 16.6. The fraction of sp³-hybridized carbons (Fsp3) is 0.885. The van der Waals surface area contributed by atoms with Crippen LogP contribution in [0.25, 0.3) is 0 Å². The Morgan fingerprint density at radius 3 is 2.03 bits per heavy atom. The highest BCUT2D eigenvalue weighted by molar-refractivity contribution is 5.94. The minimum absolute atomic E-state index is 0.0838. The zero-order valence-corrected chi connectivity index (χ0v) is 23.8. The van der Waals surface area contributed by atoms with E-state index in [0.717, 1.165) is 12.8 Å². The zero-order valence-electron chi connectivity index (χ0n) is 23.8. The quantitative estimate of drug-likeness (QED) is 0.257. The van der Waals surface area contributed by atoms with Gasteiger partial charge in [-0.3, -0.25) is 0 Å². The van der Waals surface area contributed by atoms with Gasteiger partial charge in [0.2, 0.25) is 0 Å². The summed E-state index contributed by atoms with van der Waals surface area (Å²) in [6.07, 6.45) is -2.08. The Hall–Kier alpha value is -1.91. The molecule has 10 heteroatoms. The Balaban J connectivity index is 3.29. The number of carbonyl (C=O) groups is 3. The molecule has 1 heterocycles. The molecule has 210 valence electrons. The average Bonchev–Trinajstić information content (AvgIpc) is 2.74.